The van der Waals surface area contributed by atoms with Gasteiger partial charge in [0.2, 0.25) is 5.91 Å². The van der Waals surface area contributed by atoms with Gasteiger partial charge in [0.05, 0.1) is 30.0 Å². The maximum Gasteiger partial charge on any atom is 0.253 e. The molecule has 2 aromatic carbocycles. The second-order valence-corrected chi connectivity index (χ2v) is 8.35. The van der Waals surface area contributed by atoms with Crippen molar-refractivity contribution in [2.24, 2.45) is 0 Å². The Morgan fingerprint density at radius 1 is 1.06 bits per heavy atom. The third kappa shape index (κ3) is 4.21. The molecule has 2 heterocycles. The molecule has 2 N–H and O–H groups in total. The van der Waals surface area contributed by atoms with Gasteiger partial charge < -0.3 is 19.8 Å². The Morgan fingerprint density at radius 2 is 1.90 bits per heavy atom. The Bertz CT molecular complexity index is 1130. The SMILES string of the molecule is O=C(Cc1coc2cc3c(cc12)CCC3)Nc1ccccc1C(=O)NCC1CCCO1. The molecule has 0 saturated carbocycles. The summed E-state index contributed by atoms with van der Waals surface area (Å²) in [5.74, 6) is -0.390. The van der Waals surface area contributed by atoms with E-state index in [4.69, 9.17) is 9.15 Å². The van der Waals surface area contributed by atoms with Crippen LogP contribution < -0.4 is 10.6 Å². The van der Waals surface area contributed by atoms with E-state index < -0.39 is 0 Å². The van der Waals surface area contributed by atoms with Crippen molar-refractivity contribution >= 4 is 28.5 Å². The Morgan fingerprint density at radius 3 is 2.74 bits per heavy atom. The van der Waals surface area contributed by atoms with Crippen LogP contribution in [-0.2, 0) is 28.8 Å². The van der Waals surface area contributed by atoms with Gasteiger partial charge in [-0.15, -0.1) is 0 Å². The van der Waals surface area contributed by atoms with E-state index in [1.807, 2.05) is 6.07 Å². The van der Waals surface area contributed by atoms with E-state index >= 15 is 0 Å². The van der Waals surface area contributed by atoms with Gasteiger partial charge in [-0.1, -0.05) is 12.1 Å². The number of carbonyl (C=O) groups is 2. The molecule has 0 spiro atoms. The van der Waals surface area contributed by atoms with E-state index in [1.165, 1.54) is 17.5 Å². The molecule has 160 valence electrons. The lowest BCUT2D eigenvalue weighted by atomic mass is 10.0. The van der Waals surface area contributed by atoms with Crippen molar-refractivity contribution in [3.05, 3.63) is 64.9 Å². The van der Waals surface area contributed by atoms with Crippen molar-refractivity contribution < 1.29 is 18.7 Å². The summed E-state index contributed by atoms with van der Waals surface area (Å²) in [5.41, 5.74) is 5.35. The zero-order valence-electron chi connectivity index (χ0n) is 17.4. The highest BCUT2D eigenvalue weighted by molar-refractivity contribution is 6.04. The fraction of sp³-hybridized carbons (Fsp3) is 0.360. The summed E-state index contributed by atoms with van der Waals surface area (Å²) >= 11 is 0. The second kappa shape index (κ2) is 8.55. The molecule has 31 heavy (non-hydrogen) atoms. The normalized spacial score (nSPS) is 17.6. The van der Waals surface area contributed by atoms with Crippen LogP contribution in [0.4, 0.5) is 5.69 Å². The van der Waals surface area contributed by atoms with E-state index in [0.29, 0.717) is 17.8 Å². The average molecular weight is 418 g/mol. The Balaban J connectivity index is 1.27. The van der Waals surface area contributed by atoms with Gasteiger partial charge >= 0.3 is 0 Å². The predicted molar refractivity (Wildman–Crippen MR) is 118 cm³/mol. The Hall–Kier alpha value is -3.12. The molecular formula is C25H26N2O4. The first kappa shape index (κ1) is 19.8. The largest absolute Gasteiger partial charge is 0.464 e. The van der Waals surface area contributed by atoms with E-state index in [1.54, 1.807) is 24.5 Å². The van der Waals surface area contributed by atoms with Crippen LogP contribution in [0, 0.1) is 0 Å². The molecule has 6 nitrogen and oxygen atoms in total. The van der Waals surface area contributed by atoms with E-state index in [0.717, 1.165) is 48.8 Å². The maximum absolute atomic E-state index is 12.8. The molecular weight excluding hydrogens is 392 g/mol. The summed E-state index contributed by atoms with van der Waals surface area (Å²) in [6, 6.07) is 11.3. The van der Waals surface area contributed by atoms with Crippen LogP contribution in [0.5, 0.6) is 0 Å². The Labute approximate surface area is 181 Å². The van der Waals surface area contributed by atoms with Gasteiger partial charge in [0.25, 0.3) is 5.91 Å². The number of hydrogen-bond acceptors (Lipinski definition) is 4. The molecule has 1 unspecified atom stereocenters. The maximum atomic E-state index is 12.8. The fourth-order valence-electron chi connectivity index (χ4n) is 4.55. The number of nitrogens with one attached hydrogen (secondary N) is 2. The van der Waals surface area contributed by atoms with Crippen LogP contribution in [0.1, 0.15) is 46.3 Å². The number of benzene rings is 2. The summed E-state index contributed by atoms with van der Waals surface area (Å²) in [6.07, 6.45) is 7.26. The van der Waals surface area contributed by atoms with Crippen LogP contribution in [0.25, 0.3) is 11.0 Å². The van der Waals surface area contributed by atoms with Crippen molar-refractivity contribution in [1.29, 1.82) is 0 Å². The topological polar surface area (TPSA) is 80.6 Å². The lowest BCUT2D eigenvalue weighted by Gasteiger charge is -2.13. The van der Waals surface area contributed by atoms with Crippen molar-refractivity contribution in [1.82, 2.24) is 5.32 Å². The monoisotopic (exact) mass is 418 g/mol. The minimum Gasteiger partial charge on any atom is -0.464 e. The highest BCUT2D eigenvalue weighted by atomic mass is 16.5. The first-order valence-corrected chi connectivity index (χ1v) is 11.0. The predicted octanol–water partition coefficient (Wildman–Crippen LogP) is 4.01. The van der Waals surface area contributed by atoms with Gasteiger partial charge in [-0.25, -0.2) is 0 Å². The van der Waals surface area contributed by atoms with Crippen molar-refractivity contribution in [3.8, 4) is 0 Å². The molecule has 3 aromatic rings. The average Bonchev–Trinajstić information content (AvgIpc) is 3.52. The number of rotatable bonds is 6. The van der Waals surface area contributed by atoms with Crippen LogP contribution >= 0.6 is 0 Å². The number of para-hydroxylation sites is 1. The zero-order chi connectivity index (χ0) is 21.2. The highest BCUT2D eigenvalue weighted by Gasteiger charge is 2.20. The minimum absolute atomic E-state index is 0.0709. The summed E-state index contributed by atoms with van der Waals surface area (Å²) in [7, 11) is 0. The standard InChI is InChI=1S/C25H26N2O4/c28-24(13-18-15-31-23-12-17-6-3-5-16(17)11-21(18)23)27-22-9-2-1-8-20(22)25(29)26-14-19-7-4-10-30-19/h1-2,8-9,11-12,15,19H,3-7,10,13-14H2,(H,26,29)(H,27,28). The minimum atomic E-state index is -0.212. The van der Waals surface area contributed by atoms with Crippen LogP contribution in [0.3, 0.4) is 0 Å². The molecule has 1 atom stereocenters. The van der Waals surface area contributed by atoms with Crippen LogP contribution in [0.15, 0.2) is 47.1 Å². The molecule has 2 amide bonds. The summed E-state index contributed by atoms with van der Waals surface area (Å²) < 4.78 is 11.3. The Kier molecular flexibility index (Phi) is 5.47. The molecule has 1 fully saturated rings. The van der Waals surface area contributed by atoms with Crippen LogP contribution in [-0.4, -0.2) is 31.1 Å². The zero-order valence-corrected chi connectivity index (χ0v) is 17.4. The van der Waals surface area contributed by atoms with Gasteiger partial charge in [-0.3, -0.25) is 9.59 Å². The summed E-state index contributed by atoms with van der Waals surface area (Å²) in [4.78, 5) is 25.5. The summed E-state index contributed by atoms with van der Waals surface area (Å²) in [6.45, 7) is 1.23. The number of furan rings is 1. The van der Waals surface area contributed by atoms with Crippen molar-refractivity contribution in [3.63, 3.8) is 0 Å². The number of fused-ring (bicyclic) bond motifs is 2. The molecule has 1 aliphatic carbocycles. The van der Waals surface area contributed by atoms with Gasteiger partial charge in [-0.05, 0) is 67.5 Å². The molecule has 6 heteroatoms. The smallest absolute Gasteiger partial charge is 0.253 e. The van der Waals surface area contributed by atoms with Crippen LogP contribution in [0.2, 0.25) is 0 Å². The number of amides is 2. The number of aryl methyl sites for hydroxylation is 2. The summed E-state index contributed by atoms with van der Waals surface area (Å²) in [5, 5.41) is 6.82. The lowest BCUT2D eigenvalue weighted by molar-refractivity contribution is -0.115. The first-order chi connectivity index (χ1) is 15.2. The van der Waals surface area contributed by atoms with E-state index in [-0.39, 0.29) is 24.3 Å². The van der Waals surface area contributed by atoms with Gasteiger partial charge in [-0.2, -0.15) is 0 Å². The van der Waals surface area contributed by atoms with E-state index in [2.05, 4.69) is 22.8 Å². The molecule has 1 saturated heterocycles. The number of carbonyl (C=O) groups excluding carboxylic acids is 2. The first-order valence-electron chi connectivity index (χ1n) is 11.0. The number of anilines is 1. The molecule has 5 rings (SSSR count). The number of hydrogen-bond donors (Lipinski definition) is 2. The van der Waals surface area contributed by atoms with Crippen molar-refractivity contribution in [2.75, 3.05) is 18.5 Å². The van der Waals surface area contributed by atoms with Gasteiger partial charge in [0.15, 0.2) is 0 Å². The fourth-order valence-corrected chi connectivity index (χ4v) is 4.55. The second-order valence-electron chi connectivity index (χ2n) is 8.35. The van der Waals surface area contributed by atoms with Gasteiger partial charge in [0.1, 0.15) is 5.58 Å². The third-order valence-corrected chi connectivity index (χ3v) is 6.18. The lowest BCUT2D eigenvalue weighted by Crippen LogP contribution is -2.32. The third-order valence-electron chi connectivity index (χ3n) is 6.18. The highest BCUT2D eigenvalue weighted by Crippen LogP contribution is 2.30. The molecule has 2 aliphatic rings. The molecule has 0 radical (unpaired) electrons. The molecule has 0 bridgehead atoms. The molecule has 1 aromatic heterocycles. The molecule has 1 aliphatic heterocycles. The van der Waals surface area contributed by atoms with E-state index in [9.17, 15) is 9.59 Å². The van der Waals surface area contributed by atoms with Gasteiger partial charge in [0, 0.05) is 24.1 Å². The number of ether oxygens (including phenoxy) is 1. The van der Waals surface area contributed by atoms with Crippen molar-refractivity contribution in [2.45, 2.75) is 44.6 Å². The quantitative estimate of drug-likeness (QED) is 0.634.